The molecule has 7 nitrogen and oxygen atoms in total. The lowest BCUT2D eigenvalue weighted by Crippen LogP contribution is -2.53. The van der Waals surface area contributed by atoms with Crippen LogP contribution >= 0.6 is 24.0 Å². The van der Waals surface area contributed by atoms with Crippen LogP contribution in [0.2, 0.25) is 0 Å². The lowest BCUT2D eigenvalue weighted by molar-refractivity contribution is 0.163. The number of hydrogen-bond acceptors (Lipinski definition) is 5. The van der Waals surface area contributed by atoms with Crippen molar-refractivity contribution in [3.8, 4) is 0 Å². The van der Waals surface area contributed by atoms with Crippen molar-refractivity contribution >= 4 is 35.6 Å². The zero-order valence-corrected chi connectivity index (χ0v) is 21.9. The summed E-state index contributed by atoms with van der Waals surface area (Å²) in [5.74, 6) is 3.51. The highest BCUT2D eigenvalue weighted by Gasteiger charge is 2.23. The molecule has 176 valence electrons. The molecule has 1 aromatic carbocycles. The number of likely N-dealkylation sites (tertiary alicyclic amines) is 1. The van der Waals surface area contributed by atoms with Gasteiger partial charge in [-0.25, -0.2) is 4.98 Å². The van der Waals surface area contributed by atoms with E-state index in [-0.39, 0.29) is 24.0 Å². The highest BCUT2D eigenvalue weighted by molar-refractivity contribution is 14.0. The number of nitrogens with zero attached hydrogens (tertiary/aromatic N) is 5. The van der Waals surface area contributed by atoms with Crippen molar-refractivity contribution in [2.75, 3.05) is 57.8 Å². The molecule has 0 bridgehead atoms. The number of aliphatic imine (C=N–C) groups is 1. The zero-order valence-electron chi connectivity index (χ0n) is 19.6. The van der Waals surface area contributed by atoms with E-state index in [1.54, 1.807) is 0 Å². The van der Waals surface area contributed by atoms with Crippen molar-refractivity contribution in [2.24, 2.45) is 10.9 Å². The second-order valence-corrected chi connectivity index (χ2v) is 8.71. The van der Waals surface area contributed by atoms with Crippen molar-refractivity contribution in [1.82, 2.24) is 20.1 Å². The molecule has 1 N–H and O–H groups in total. The number of anilines is 1. The van der Waals surface area contributed by atoms with Crippen molar-refractivity contribution in [1.29, 1.82) is 0 Å². The van der Waals surface area contributed by atoms with E-state index in [0.717, 1.165) is 75.7 Å². The Morgan fingerprint density at radius 2 is 1.75 bits per heavy atom. The maximum atomic E-state index is 5.75. The Balaban J connectivity index is 0.00000289. The van der Waals surface area contributed by atoms with Crippen molar-refractivity contribution < 1.29 is 4.42 Å². The quantitative estimate of drug-likeness (QED) is 0.348. The molecule has 0 radical (unpaired) electrons. The molecule has 32 heavy (non-hydrogen) atoms. The summed E-state index contributed by atoms with van der Waals surface area (Å²) in [5.41, 5.74) is 2.32. The van der Waals surface area contributed by atoms with Crippen LogP contribution < -0.4 is 10.2 Å². The molecule has 0 spiro atoms. The Kier molecular flexibility index (Phi) is 9.22. The van der Waals surface area contributed by atoms with Gasteiger partial charge in [0.1, 0.15) is 5.76 Å². The number of aromatic nitrogens is 1. The first kappa shape index (κ1) is 24.8. The predicted octanol–water partition coefficient (Wildman–Crippen LogP) is 3.52. The molecule has 2 aliphatic rings. The number of benzene rings is 1. The Labute approximate surface area is 209 Å². The monoisotopic (exact) mass is 552 g/mol. The number of aryl methyl sites for hydroxylation is 2. The third-order valence-electron chi connectivity index (χ3n) is 6.60. The third kappa shape index (κ3) is 6.37. The molecule has 0 aliphatic carbocycles. The maximum absolute atomic E-state index is 5.75. The standard InChI is InChI=1S/C24H36N6O.HI/c1-19-20(2)31-23(27-19)18-28-11-9-21(10-12-28)17-26-24(25-3)30-15-13-29(14-16-30)22-7-5-4-6-8-22;/h4-8,21H,9-18H2,1-3H3,(H,25,26);1H. The molecule has 4 rings (SSSR count). The molecule has 0 amide bonds. The van der Waals surface area contributed by atoms with E-state index in [0.29, 0.717) is 5.92 Å². The number of hydrogen-bond donors (Lipinski definition) is 1. The van der Waals surface area contributed by atoms with Gasteiger partial charge in [0.15, 0.2) is 5.96 Å². The van der Waals surface area contributed by atoms with Gasteiger partial charge in [0.25, 0.3) is 0 Å². The largest absolute Gasteiger partial charge is 0.444 e. The first-order valence-electron chi connectivity index (χ1n) is 11.5. The van der Waals surface area contributed by atoms with Crippen LogP contribution in [-0.4, -0.2) is 73.6 Å². The summed E-state index contributed by atoms with van der Waals surface area (Å²) in [6, 6.07) is 10.7. The molecule has 2 saturated heterocycles. The smallest absolute Gasteiger partial charge is 0.208 e. The van der Waals surface area contributed by atoms with Gasteiger partial charge in [-0.3, -0.25) is 9.89 Å². The molecule has 2 aliphatic heterocycles. The Hall–Kier alpha value is -1.81. The highest BCUT2D eigenvalue weighted by Crippen LogP contribution is 2.20. The predicted molar refractivity (Wildman–Crippen MR) is 141 cm³/mol. The first-order valence-corrected chi connectivity index (χ1v) is 11.5. The molecule has 2 aromatic rings. The van der Waals surface area contributed by atoms with Crippen LogP contribution in [-0.2, 0) is 6.54 Å². The van der Waals surface area contributed by atoms with Gasteiger partial charge in [-0.05, 0) is 57.8 Å². The molecular weight excluding hydrogens is 515 g/mol. The summed E-state index contributed by atoms with van der Waals surface area (Å²) >= 11 is 0. The molecule has 8 heteroatoms. The Bertz CT molecular complexity index is 835. The second kappa shape index (κ2) is 11.9. The average Bonchev–Trinajstić information content (AvgIpc) is 3.13. The summed E-state index contributed by atoms with van der Waals surface area (Å²) in [6.45, 7) is 12.1. The fraction of sp³-hybridized carbons (Fsp3) is 0.583. The number of rotatable bonds is 5. The van der Waals surface area contributed by atoms with Crippen LogP contribution in [0.3, 0.4) is 0 Å². The van der Waals surface area contributed by atoms with Gasteiger partial charge in [0.2, 0.25) is 5.89 Å². The van der Waals surface area contributed by atoms with E-state index in [1.807, 2.05) is 20.9 Å². The van der Waals surface area contributed by atoms with E-state index in [9.17, 15) is 0 Å². The molecular formula is C24H37IN6O. The third-order valence-corrected chi connectivity index (χ3v) is 6.60. The molecule has 0 saturated carbocycles. The minimum Gasteiger partial charge on any atom is -0.444 e. The fourth-order valence-electron chi connectivity index (χ4n) is 4.53. The van der Waals surface area contributed by atoms with Crippen molar-refractivity contribution in [3.05, 3.63) is 47.7 Å². The molecule has 3 heterocycles. The zero-order chi connectivity index (χ0) is 21.6. The van der Waals surface area contributed by atoms with Crippen LogP contribution in [0, 0.1) is 19.8 Å². The van der Waals surface area contributed by atoms with Gasteiger partial charge in [-0.15, -0.1) is 24.0 Å². The summed E-state index contributed by atoms with van der Waals surface area (Å²) < 4.78 is 5.75. The van der Waals surface area contributed by atoms with Crippen molar-refractivity contribution in [3.63, 3.8) is 0 Å². The van der Waals surface area contributed by atoms with Gasteiger partial charge >= 0.3 is 0 Å². The minimum absolute atomic E-state index is 0. The normalized spacial score (nSPS) is 18.5. The van der Waals surface area contributed by atoms with E-state index in [4.69, 9.17) is 4.42 Å². The van der Waals surface area contributed by atoms with Gasteiger partial charge in [-0.1, -0.05) is 18.2 Å². The maximum Gasteiger partial charge on any atom is 0.208 e. The number of piperazine rings is 1. The molecule has 0 unspecified atom stereocenters. The SMILES string of the molecule is CN=C(NCC1CCN(Cc2nc(C)c(C)o2)CC1)N1CCN(c2ccccc2)CC1.I. The van der Waals surface area contributed by atoms with E-state index < -0.39 is 0 Å². The summed E-state index contributed by atoms with van der Waals surface area (Å²) in [4.78, 5) is 16.4. The molecule has 1 aromatic heterocycles. The lowest BCUT2D eigenvalue weighted by Gasteiger charge is -2.38. The highest BCUT2D eigenvalue weighted by atomic mass is 127. The van der Waals surface area contributed by atoms with E-state index in [2.05, 4.69) is 60.3 Å². The van der Waals surface area contributed by atoms with Crippen LogP contribution in [0.25, 0.3) is 0 Å². The van der Waals surface area contributed by atoms with Gasteiger partial charge in [-0.2, -0.15) is 0 Å². The number of piperidine rings is 1. The number of nitrogens with one attached hydrogen (secondary N) is 1. The molecule has 0 atom stereocenters. The van der Waals surface area contributed by atoms with Gasteiger partial charge < -0.3 is 19.5 Å². The average molecular weight is 553 g/mol. The second-order valence-electron chi connectivity index (χ2n) is 8.71. The van der Waals surface area contributed by atoms with E-state index in [1.165, 1.54) is 18.5 Å². The van der Waals surface area contributed by atoms with Crippen LogP contribution in [0.15, 0.2) is 39.7 Å². The first-order chi connectivity index (χ1) is 15.1. The van der Waals surface area contributed by atoms with Crippen LogP contribution in [0.1, 0.15) is 30.2 Å². The summed E-state index contributed by atoms with van der Waals surface area (Å²) in [7, 11) is 1.90. The lowest BCUT2D eigenvalue weighted by atomic mass is 9.97. The number of halogens is 1. The molecule has 2 fully saturated rings. The van der Waals surface area contributed by atoms with Gasteiger partial charge in [0, 0.05) is 45.5 Å². The Morgan fingerprint density at radius 1 is 1.06 bits per heavy atom. The van der Waals surface area contributed by atoms with E-state index >= 15 is 0 Å². The topological polar surface area (TPSA) is 60.1 Å². The summed E-state index contributed by atoms with van der Waals surface area (Å²) in [5, 5.41) is 3.65. The van der Waals surface area contributed by atoms with Crippen molar-refractivity contribution in [2.45, 2.75) is 33.2 Å². The number of oxazole rings is 1. The summed E-state index contributed by atoms with van der Waals surface area (Å²) in [6.07, 6.45) is 2.40. The van der Waals surface area contributed by atoms with Crippen LogP contribution in [0.4, 0.5) is 5.69 Å². The van der Waals surface area contributed by atoms with Gasteiger partial charge in [0.05, 0.1) is 12.2 Å². The fourth-order valence-corrected chi connectivity index (χ4v) is 4.53. The number of guanidine groups is 1. The Morgan fingerprint density at radius 3 is 2.34 bits per heavy atom. The van der Waals surface area contributed by atoms with Crippen LogP contribution in [0.5, 0.6) is 0 Å². The number of para-hydroxylation sites is 1. The minimum atomic E-state index is 0.